The van der Waals surface area contributed by atoms with Crippen LogP contribution in [0.2, 0.25) is 0 Å². The summed E-state index contributed by atoms with van der Waals surface area (Å²) in [6, 6.07) is 15.3. The van der Waals surface area contributed by atoms with E-state index in [4.69, 9.17) is 4.74 Å². The third-order valence-electron chi connectivity index (χ3n) is 5.97. The van der Waals surface area contributed by atoms with E-state index in [2.05, 4.69) is 0 Å². The molecule has 1 fully saturated rings. The summed E-state index contributed by atoms with van der Waals surface area (Å²) in [6.45, 7) is 5.43. The second-order valence-electron chi connectivity index (χ2n) is 8.37. The number of aromatic nitrogens is 1. The zero-order valence-corrected chi connectivity index (χ0v) is 18.8. The van der Waals surface area contributed by atoms with Gasteiger partial charge in [0.05, 0.1) is 5.92 Å². The summed E-state index contributed by atoms with van der Waals surface area (Å²) in [7, 11) is 0. The summed E-state index contributed by atoms with van der Waals surface area (Å²) in [5.41, 5.74) is 4.49. The number of Topliss-reactive ketones (excluding diaryl/α,β-unsaturated/α-hetero) is 1. The highest BCUT2D eigenvalue weighted by atomic mass is 19.1. The van der Waals surface area contributed by atoms with E-state index in [0.717, 1.165) is 22.6 Å². The highest BCUT2D eigenvalue weighted by Crippen LogP contribution is 2.26. The van der Waals surface area contributed by atoms with E-state index in [1.807, 2.05) is 42.7 Å². The Balaban J connectivity index is 1.40. The molecule has 1 saturated heterocycles. The fourth-order valence-corrected chi connectivity index (χ4v) is 4.20. The normalized spacial score (nSPS) is 15.7. The van der Waals surface area contributed by atoms with E-state index in [1.54, 1.807) is 30.0 Å². The number of hydrogen-bond acceptors (Lipinski definition) is 4. The lowest BCUT2D eigenvalue weighted by Crippen LogP contribution is -2.27. The van der Waals surface area contributed by atoms with Crippen molar-refractivity contribution in [2.24, 2.45) is 5.92 Å². The molecule has 1 aliphatic rings. The standard InChI is InChI=1S/C26H25FN2O4/c1-16-4-8-21(9-5-16)28-14-19(13-25(28)31)26(32)33-15-24(30)23-12-17(2)29(18(23)3)22-10-6-20(27)7-11-22/h4-12,19H,13-15H2,1-3H3. The van der Waals surface area contributed by atoms with E-state index < -0.39 is 18.5 Å². The number of amides is 1. The van der Waals surface area contributed by atoms with E-state index in [-0.39, 0.29) is 30.5 Å². The third kappa shape index (κ3) is 4.58. The smallest absolute Gasteiger partial charge is 0.311 e. The van der Waals surface area contributed by atoms with Crippen LogP contribution in [0.1, 0.15) is 33.7 Å². The number of hydrogen-bond donors (Lipinski definition) is 0. The minimum atomic E-state index is -0.613. The van der Waals surface area contributed by atoms with Crippen LogP contribution < -0.4 is 4.90 Å². The van der Waals surface area contributed by atoms with E-state index in [9.17, 15) is 18.8 Å². The van der Waals surface area contributed by atoms with Crippen LogP contribution in [-0.2, 0) is 14.3 Å². The first-order chi connectivity index (χ1) is 15.7. The number of ether oxygens (including phenoxy) is 1. The van der Waals surface area contributed by atoms with E-state index in [0.29, 0.717) is 11.3 Å². The first kappa shape index (κ1) is 22.5. The Morgan fingerprint density at radius 2 is 1.64 bits per heavy atom. The lowest BCUT2D eigenvalue weighted by atomic mass is 10.1. The van der Waals surface area contributed by atoms with Crippen molar-refractivity contribution in [1.82, 2.24) is 4.57 Å². The van der Waals surface area contributed by atoms with Crippen LogP contribution in [-0.4, -0.2) is 35.4 Å². The molecule has 7 heteroatoms. The molecule has 170 valence electrons. The number of carbonyl (C=O) groups is 3. The average molecular weight is 448 g/mol. The zero-order valence-electron chi connectivity index (χ0n) is 18.8. The summed E-state index contributed by atoms with van der Waals surface area (Å²) in [5.74, 6) is -1.98. The highest BCUT2D eigenvalue weighted by Gasteiger charge is 2.36. The summed E-state index contributed by atoms with van der Waals surface area (Å²) >= 11 is 0. The van der Waals surface area contributed by atoms with Gasteiger partial charge in [0, 0.05) is 41.3 Å². The number of benzene rings is 2. The van der Waals surface area contributed by atoms with Gasteiger partial charge in [-0.3, -0.25) is 14.4 Å². The van der Waals surface area contributed by atoms with Gasteiger partial charge < -0.3 is 14.2 Å². The lowest BCUT2D eigenvalue weighted by Gasteiger charge is -2.16. The number of anilines is 1. The fourth-order valence-electron chi connectivity index (χ4n) is 4.20. The number of esters is 1. The number of rotatable bonds is 6. The molecule has 0 saturated carbocycles. The molecular weight excluding hydrogens is 423 g/mol. The Morgan fingerprint density at radius 1 is 1.00 bits per heavy atom. The molecule has 0 N–H and O–H groups in total. The molecule has 3 aromatic rings. The first-order valence-corrected chi connectivity index (χ1v) is 10.8. The van der Waals surface area contributed by atoms with Crippen LogP contribution in [0, 0.1) is 32.5 Å². The Labute approximate surface area is 191 Å². The molecule has 0 bridgehead atoms. The molecule has 1 aliphatic heterocycles. The second-order valence-corrected chi connectivity index (χ2v) is 8.37. The summed E-state index contributed by atoms with van der Waals surface area (Å²) < 4.78 is 20.4. The zero-order chi connectivity index (χ0) is 23.7. The van der Waals surface area contributed by atoms with Gasteiger partial charge in [0.2, 0.25) is 11.7 Å². The minimum absolute atomic E-state index is 0.0555. The third-order valence-corrected chi connectivity index (χ3v) is 5.97. The van der Waals surface area contributed by atoms with Gasteiger partial charge in [-0.05, 0) is 63.2 Å². The maximum Gasteiger partial charge on any atom is 0.311 e. The molecule has 33 heavy (non-hydrogen) atoms. The number of ketones is 1. The number of aryl methyl sites for hydroxylation is 2. The molecule has 1 aromatic heterocycles. The minimum Gasteiger partial charge on any atom is -0.457 e. The fraction of sp³-hybridized carbons (Fsp3) is 0.269. The predicted octanol–water partition coefficient (Wildman–Crippen LogP) is 4.32. The van der Waals surface area contributed by atoms with Gasteiger partial charge in [-0.2, -0.15) is 0 Å². The van der Waals surface area contributed by atoms with E-state index in [1.165, 1.54) is 12.1 Å². The molecule has 2 aromatic carbocycles. The number of carbonyl (C=O) groups excluding carboxylic acids is 3. The van der Waals surface area contributed by atoms with Gasteiger partial charge in [-0.1, -0.05) is 17.7 Å². The van der Waals surface area contributed by atoms with Crippen LogP contribution in [0.5, 0.6) is 0 Å². The summed E-state index contributed by atoms with van der Waals surface area (Å²) in [4.78, 5) is 39.3. The van der Waals surface area contributed by atoms with Crippen molar-refractivity contribution in [3.63, 3.8) is 0 Å². The highest BCUT2D eigenvalue weighted by molar-refractivity contribution is 6.01. The van der Waals surface area contributed by atoms with Gasteiger partial charge in [-0.15, -0.1) is 0 Å². The van der Waals surface area contributed by atoms with Crippen molar-refractivity contribution in [3.8, 4) is 5.69 Å². The maximum atomic E-state index is 13.3. The average Bonchev–Trinajstić information content (AvgIpc) is 3.32. The SMILES string of the molecule is Cc1ccc(N2CC(C(=O)OCC(=O)c3cc(C)n(-c4ccc(F)cc4)c3C)CC2=O)cc1. The first-order valence-electron chi connectivity index (χ1n) is 10.8. The molecule has 2 heterocycles. The van der Waals surface area contributed by atoms with Crippen molar-refractivity contribution in [2.45, 2.75) is 27.2 Å². The topological polar surface area (TPSA) is 68.6 Å². The Morgan fingerprint density at radius 3 is 2.30 bits per heavy atom. The molecule has 4 rings (SSSR count). The van der Waals surface area contributed by atoms with Crippen LogP contribution in [0.4, 0.5) is 10.1 Å². The molecule has 0 aliphatic carbocycles. The van der Waals surface area contributed by atoms with E-state index >= 15 is 0 Å². The molecule has 1 amide bonds. The molecular formula is C26H25FN2O4. The maximum absolute atomic E-state index is 13.3. The quantitative estimate of drug-likeness (QED) is 0.416. The van der Waals surface area contributed by atoms with Gasteiger partial charge in [0.25, 0.3) is 0 Å². The van der Waals surface area contributed by atoms with Crippen LogP contribution >= 0.6 is 0 Å². The number of halogens is 1. The summed E-state index contributed by atoms with van der Waals surface area (Å²) in [5, 5.41) is 0. The Hall–Kier alpha value is -3.74. The van der Waals surface area contributed by atoms with Crippen molar-refractivity contribution in [2.75, 3.05) is 18.1 Å². The van der Waals surface area contributed by atoms with Gasteiger partial charge >= 0.3 is 5.97 Å². The van der Waals surface area contributed by atoms with Crippen molar-refractivity contribution < 1.29 is 23.5 Å². The van der Waals surface area contributed by atoms with Crippen LogP contribution in [0.3, 0.4) is 0 Å². The second kappa shape index (κ2) is 9.02. The van der Waals surface area contributed by atoms with Gasteiger partial charge in [-0.25, -0.2) is 4.39 Å². The molecule has 1 unspecified atom stereocenters. The van der Waals surface area contributed by atoms with Crippen molar-refractivity contribution in [3.05, 3.63) is 82.9 Å². The Kier molecular flexibility index (Phi) is 6.14. The lowest BCUT2D eigenvalue weighted by molar-refractivity contribution is -0.147. The van der Waals surface area contributed by atoms with Crippen molar-refractivity contribution >= 4 is 23.3 Å². The molecule has 0 spiro atoms. The van der Waals surface area contributed by atoms with Gasteiger partial charge in [0.15, 0.2) is 6.61 Å². The molecule has 6 nitrogen and oxygen atoms in total. The van der Waals surface area contributed by atoms with Gasteiger partial charge in [0.1, 0.15) is 5.82 Å². The predicted molar refractivity (Wildman–Crippen MR) is 122 cm³/mol. The van der Waals surface area contributed by atoms with Crippen LogP contribution in [0.25, 0.3) is 5.69 Å². The largest absolute Gasteiger partial charge is 0.457 e. The molecule has 0 radical (unpaired) electrons. The number of nitrogens with zero attached hydrogens (tertiary/aromatic N) is 2. The molecule has 1 atom stereocenters. The Bertz CT molecular complexity index is 1210. The summed E-state index contributed by atoms with van der Waals surface area (Å²) in [6.07, 6.45) is 0.0555. The van der Waals surface area contributed by atoms with Crippen molar-refractivity contribution in [1.29, 1.82) is 0 Å². The van der Waals surface area contributed by atoms with Crippen LogP contribution in [0.15, 0.2) is 54.6 Å². The monoisotopic (exact) mass is 448 g/mol.